The van der Waals surface area contributed by atoms with Gasteiger partial charge in [0.05, 0.1) is 11.1 Å². The smallest absolute Gasteiger partial charge is 0.170 e. The number of hydrogen-bond donors (Lipinski definition) is 2. The quantitative estimate of drug-likeness (QED) is 0.677. The minimum Gasteiger partial charge on any atom is -0.490 e. The van der Waals surface area contributed by atoms with Crippen molar-refractivity contribution in [2.24, 2.45) is 0 Å². The summed E-state index contributed by atoms with van der Waals surface area (Å²) in [6, 6.07) is 14.6. The van der Waals surface area contributed by atoms with E-state index in [1.165, 1.54) is 11.1 Å². The van der Waals surface area contributed by atoms with Crippen LogP contribution in [0.15, 0.2) is 47.0 Å². The van der Waals surface area contributed by atoms with E-state index in [-0.39, 0.29) is 19.0 Å². The van der Waals surface area contributed by atoms with Crippen molar-refractivity contribution in [2.75, 3.05) is 13.2 Å². The van der Waals surface area contributed by atoms with Crippen molar-refractivity contribution in [1.82, 2.24) is 10.5 Å². The fraction of sp³-hybridized carbons (Fsp3) is 0.381. The minimum absolute atomic E-state index is 0. The van der Waals surface area contributed by atoms with Gasteiger partial charge in [0.15, 0.2) is 5.58 Å². The second-order valence-electron chi connectivity index (χ2n) is 6.98. The van der Waals surface area contributed by atoms with E-state index in [4.69, 9.17) is 9.26 Å². The SMILES string of the molecule is Cc1noc2cccc(OCC(O)CNC3CCc4ccccc4C3)c12.Cl. The Balaban J connectivity index is 0.00000210. The largest absolute Gasteiger partial charge is 0.490 e. The van der Waals surface area contributed by atoms with Crippen LogP contribution in [-0.2, 0) is 12.8 Å². The molecule has 1 heterocycles. The van der Waals surface area contributed by atoms with Crippen LogP contribution in [0.4, 0.5) is 0 Å². The van der Waals surface area contributed by atoms with Gasteiger partial charge >= 0.3 is 0 Å². The second kappa shape index (κ2) is 8.74. The Hall–Kier alpha value is -2.08. The summed E-state index contributed by atoms with van der Waals surface area (Å²) in [6.45, 7) is 2.64. The maximum Gasteiger partial charge on any atom is 0.170 e. The number of aliphatic hydroxyl groups excluding tert-OH is 1. The zero-order chi connectivity index (χ0) is 17.9. The number of benzene rings is 2. The molecule has 2 N–H and O–H groups in total. The summed E-state index contributed by atoms with van der Waals surface area (Å²) >= 11 is 0. The first-order chi connectivity index (χ1) is 12.7. The third kappa shape index (κ3) is 4.43. The molecule has 1 aliphatic rings. The van der Waals surface area contributed by atoms with Crippen molar-refractivity contribution in [3.05, 3.63) is 59.3 Å². The molecule has 0 amide bonds. The highest BCUT2D eigenvalue weighted by Gasteiger charge is 2.19. The number of hydrogen-bond acceptors (Lipinski definition) is 5. The molecule has 0 saturated carbocycles. The average molecular weight is 389 g/mol. The number of rotatable bonds is 6. The van der Waals surface area contributed by atoms with Crippen molar-refractivity contribution >= 4 is 23.4 Å². The van der Waals surface area contributed by atoms with Crippen LogP contribution >= 0.6 is 12.4 Å². The number of fused-ring (bicyclic) bond motifs is 2. The maximum absolute atomic E-state index is 10.3. The van der Waals surface area contributed by atoms with Gasteiger partial charge in [-0.15, -0.1) is 12.4 Å². The van der Waals surface area contributed by atoms with E-state index in [2.05, 4.69) is 34.7 Å². The fourth-order valence-corrected chi connectivity index (χ4v) is 3.65. The van der Waals surface area contributed by atoms with Crippen LogP contribution in [0, 0.1) is 6.92 Å². The first-order valence-electron chi connectivity index (χ1n) is 9.16. The molecule has 2 unspecified atom stereocenters. The molecule has 4 rings (SSSR count). The number of aliphatic hydroxyl groups is 1. The molecule has 2 atom stereocenters. The molecule has 0 saturated heterocycles. The molecule has 0 radical (unpaired) electrons. The molecular formula is C21H25ClN2O3. The van der Waals surface area contributed by atoms with Crippen molar-refractivity contribution in [1.29, 1.82) is 0 Å². The van der Waals surface area contributed by atoms with Gasteiger partial charge in [0, 0.05) is 12.6 Å². The Morgan fingerprint density at radius 2 is 2.04 bits per heavy atom. The maximum atomic E-state index is 10.3. The first kappa shape index (κ1) is 19.7. The topological polar surface area (TPSA) is 67.5 Å². The normalized spacial score (nSPS) is 17.2. The van der Waals surface area contributed by atoms with Crippen LogP contribution in [-0.4, -0.2) is 35.6 Å². The molecular weight excluding hydrogens is 364 g/mol. The highest BCUT2D eigenvalue weighted by molar-refractivity contribution is 5.86. The molecule has 2 aromatic carbocycles. The third-order valence-corrected chi connectivity index (χ3v) is 5.05. The standard InChI is InChI=1S/C21H24N2O3.ClH/c1-14-21-19(7-4-8-20(21)26-23-14)25-13-18(24)12-22-17-10-9-15-5-2-3-6-16(15)11-17;/h2-8,17-18,22,24H,9-13H2,1H3;1H. The molecule has 5 nitrogen and oxygen atoms in total. The number of aryl methyl sites for hydroxylation is 2. The van der Waals surface area contributed by atoms with Crippen LogP contribution in [0.3, 0.4) is 0 Å². The van der Waals surface area contributed by atoms with Crippen LogP contribution in [0.1, 0.15) is 23.2 Å². The van der Waals surface area contributed by atoms with E-state index in [0.29, 0.717) is 23.9 Å². The molecule has 0 fully saturated rings. The molecule has 27 heavy (non-hydrogen) atoms. The van der Waals surface area contributed by atoms with E-state index < -0.39 is 6.10 Å². The summed E-state index contributed by atoms with van der Waals surface area (Å²) in [4.78, 5) is 0. The van der Waals surface area contributed by atoms with Crippen molar-refractivity contribution in [3.63, 3.8) is 0 Å². The monoisotopic (exact) mass is 388 g/mol. The number of nitrogens with one attached hydrogen (secondary N) is 1. The Bertz CT molecular complexity index is 896. The highest BCUT2D eigenvalue weighted by Crippen LogP contribution is 2.28. The van der Waals surface area contributed by atoms with Gasteiger partial charge in [-0.2, -0.15) is 0 Å². The molecule has 3 aromatic rings. The fourth-order valence-electron chi connectivity index (χ4n) is 3.65. The lowest BCUT2D eigenvalue weighted by atomic mass is 9.88. The highest BCUT2D eigenvalue weighted by atomic mass is 35.5. The zero-order valence-electron chi connectivity index (χ0n) is 15.4. The first-order valence-corrected chi connectivity index (χ1v) is 9.16. The number of halogens is 1. The van der Waals surface area contributed by atoms with Gasteiger partial charge in [0.2, 0.25) is 0 Å². The summed E-state index contributed by atoms with van der Waals surface area (Å²) < 4.78 is 11.1. The van der Waals surface area contributed by atoms with Crippen LogP contribution in [0.5, 0.6) is 5.75 Å². The molecule has 6 heteroatoms. The van der Waals surface area contributed by atoms with Gasteiger partial charge in [-0.05, 0) is 49.4 Å². The van der Waals surface area contributed by atoms with Crippen LogP contribution < -0.4 is 10.1 Å². The number of aromatic nitrogens is 1. The number of nitrogens with zero attached hydrogens (tertiary/aromatic N) is 1. The number of ether oxygens (including phenoxy) is 1. The van der Waals surface area contributed by atoms with Crippen molar-refractivity contribution in [3.8, 4) is 5.75 Å². The lowest BCUT2D eigenvalue weighted by molar-refractivity contribution is 0.104. The molecule has 0 bridgehead atoms. The second-order valence-corrected chi connectivity index (χ2v) is 6.98. The van der Waals surface area contributed by atoms with E-state index in [0.717, 1.165) is 30.3 Å². The summed E-state index contributed by atoms with van der Waals surface area (Å²) in [6.07, 6.45) is 2.64. The summed E-state index contributed by atoms with van der Waals surface area (Å²) in [5.74, 6) is 0.701. The predicted octanol–water partition coefficient (Wildman–Crippen LogP) is 3.44. The van der Waals surface area contributed by atoms with Crippen molar-refractivity contribution < 1.29 is 14.4 Å². The van der Waals surface area contributed by atoms with Gasteiger partial charge in [-0.3, -0.25) is 0 Å². The van der Waals surface area contributed by atoms with E-state index in [1.54, 1.807) is 0 Å². The van der Waals surface area contributed by atoms with E-state index >= 15 is 0 Å². The minimum atomic E-state index is -0.567. The van der Waals surface area contributed by atoms with Crippen LogP contribution in [0.25, 0.3) is 11.0 Å². The predicted molar refractivity (Wildman–Crippen MR) is 108 cm³/mol. The van der Waals surface area contributed by atoms with E-state index in [1.807, 2.05) is 25.1 Å². The van der Waals surface area contributed by atoms with Gasteiger partial charge < -0.3 is 19.7 Å². The summed E-state index contributed by atoms with van der Waals surface area (Å²) in [7, 11) is 0. The molecule has 0 aliphatic heterocycles. The van der Waals surface area contributed by atoms with Gasteiger partial charge in [-0.1, -0.05) is 35.5 Å². The Labute approximate surface area is 165 Å². The molecule has 1 aliphatic carbocycles. The van der Waals surface area contributed by atoms with Gasteiger partial charge in [0.1, 0.15) is 18.5 Å². The Morgan fingerprint density at radius 1 is 1.22 bits per heavy atom. The lowest BCUT2D eigenvalue weighted by Crippen LogP contribution is -2.40. The molecule has 0 spiro atoms. The average Bonchev–Trinajstić information content (AvgIpc) is 3.06. The Morgan fingerprint density at radius 3 is 2.89 bits per heavy atom. The summed E-state index contributed by atoms with van der Waals surface area (Å²) in [5, 5.41) is 18.6. The molecule has 144 valence electrons. The zero-order valence-corrected chi connectivity index (χ0v) is 16.2. The Kier molecular flexibility index (Phi) is 6.37. The van der Waals surface area contributed by atoms with Crippen molar-refractivity contribution in [2.45, 2.75) is 38.3 Å². The van der Waals surface area contributed by atoms with E-state index in [9.17, 15) is 5.11 Å². The third-order valence-electron chi connectivity index (χ3n) is 5.05. The van der Waals surface area contributed by atoms with Crippen LogP contribution in [0.2, 0.25) is 0 Å². The lowest BCUT2D eigenvalue weighted by Gasteiger charge is -2.26. The summed E-state index contributed by atoms with van der Waals surface area (Å²) in [5.41, 5.74) is 4.36. The van der Waals surface area contributed by atoms with Gasteiger partial charge in [0.25, 0.3) is 0 Å². The van der Waals surface area contributed by atoms with Gasteiger partial charge in [-0.25, -0.2) is 0 Å². The molecule has 1 aromatic heterocycles.